The molecule has 1 fully saturated rings. The molecule has 1 saturated carbocycles. The largest absolute Gasteiger partial charge is 0.406 e. The van der Waals surface area contributed by atoms with Crippen LogP contribution in [0.5, 0.6) is 0 Å². The molecule has 1 heterocycles. The van der Waals surface area contributed by atoms with Crippen molar-refractivity contribution in [1.29, 1.82) is 0 Å². The molecular formula is C10H18N4OS. The number of aromatic nitrogens is 2. The van der Waals surface area contributed by atoms with Gasteiger partial charge >= 0.3 is 6.01 Å². The van der Waals surface area contributed by atoms with Crippen molar-refractivity contribution < 1.29 is 4.42 Å². The molecule has 0 spiro atoms. The fourth-order valence-electron chi connectivity index (χ4n) is 1.43. The summed E-state index contributed by atoms with van der Waals surface area (Å²) in [5, 5.41) is 14.2. The minimum Gasteiger partial charge on any atom is -0.406 e. The van der Waals surface area contributed by atoms with E-state index >= 15 is 0 Å². The minimum absolute atomic E-state index is 0.0958. The molecular weight excluding hydrogens is 224 g/mol. The molecule has 6 heteroatoms. The van der Waals surface area contributed by atoms with Crippen LogP contribution in [0.4, 0.5) is 6.01 Å². The van der Waals surface area contributed by atoms with Gasteiger partial charge in [0.1, 0.15) is 0 Å². The van der Waals surface area contributed by atoms with Crippen molar-refractivity contribution in [2.24, 2.45) is 0 Å². The highest BCUT2D eigenvalue weighted by Gasteiger charge is 2.41. The Morgan fingerprint density at radius 3 is 2.81 bits per heavy atom. The SMILES string of the molecule is CNC(C)c1nnc(NCC2(SC)CC2)o1. The van der Waals surface area contributed by atoms with Crippen LogP contribution in [-0.2, 0) is 0 Å². The Bertz CT molecular complexity index is 350. The number of hydrogen-bond acceptors (Lipinski definition) is 6. The lowest BCUT2D eigenvalue weighted by atomic mass is 10.3. The van der Waals surface area contributed by atoms with Crippen LogP contribution in [0.25, 0.3) is 0 Å². The van der Waals surface area contributed by atoms with Gasteiger partial charge in [-0.1, -0.05) is 5.10 Å². The van der Waals surface area contributed by atoms with Crippen molar-refractivity contribution >= 4 is 17.8 Å². The molecule has 0 bridgehead atoms. The monoisotopic (exact) mass is 242 g/mol. The summed E-state index contributed by atoms with van der Waals surface area (Å²) in [6, 6.07) is 0.621. The molecule has 0 aromatic carbocycles. The Morgan fingerprint density at radius 1 is 1.50 bits per heavy atom. The van der Waals surface area contributed by atoms with Crippen LogP contribution in [0, 0.1) is 0 Å². The van der Waals surface area contributed by atoms with Crippen molar-refractivity contribution in [2.75, 3.05) is 25.2 Å². The average molecular weight is 242 g/mol. The van der Waals surface area contributed by atoms with Crippen LogP contribution in [0.15, 0.2) is 4.42 Å². The zero-order chi connectivity index (χ0) is 11.6. The van der Waals surface area contributed by atoms with E-state index in [0.717, 1.165) is 6.54 Å². The van der Waals surface area contributed by atoms with E-state index in [0.29, 0.717) is 16.7 Å². The number of thioether (sulfide) groups is 1. The van der Waals surface area contributed by atoms with Gasteiger partial charge in [0, 0.05) is 11.3 Å². The highest BCUT2D eigenvalue weighted by atomic mass is 32.2. The molecule has 0 amide bonds. The third-order valence-electron chi connectivity index (χ3n) is 3.05. The summed E-state index contributed by atoms with van der Waals surface area (Å²) in [4.78, 5) is 0. The van der Waals surface area contributed by atoms with E-state index in [-0.39, 0.29) is 6.04 Å². The van der Waals surface area contributed by atoms with E-state index in [1.54, 1.807) is 0 Å². The molecule has 90 valence electrons. The molecule has 1 atom stereocenters. The minimum atomic E-state index is 0.0958. The quantitative estimate of drug-likeness (QED) is 0.791. The summed E-state index contributed by atoms with van der Waals surface area (Å²) in [5.41, 5.74) is 0. The van der Waals surface area contributed by atoms with Crippen LogP contribution in [0.2, 0.25) is 0 Å². The van der Waals surface area contributed by atoms with Crippen molar-refractivity contribution in [2.45, 2.75) is 30.6 Å². The van der Waals surface area contributed by atoms with E-state index in [9.17, 15) is 0 Å². The maximum atomic E-state index is 5.50. The molecule has 1 aromatic rings. The van der Waals surface area contributed by atoms with Gasteiger partial charge in [0.05, 0.1) is 6.04 Å². The first kappa shape index (κ1) is 11.7. The summed E-state index contributed by atoms with van der Waals surface area (Å²) >= 11 is 1.91. The Hall–Kier alpha value is -0.750. The molecule has 2 N–H and O–H groups in total. The number of nitrogens with zero attached hydrogens (tertiary/aromatic N) is 2. The molecule has 2 rings (SSSR count). The lowest BCUT2D eigenvalue weighted by Crippen LogP contribution is -2.17. The lowest BCUT2D eigenvalue weighted by Gasteiger charge is -2.10. The molecule has 5 nitrogen and oxygen atoms in total. The van der Waals surface area contributed by atoms with Gasteiger partial charge in [-0.05, 0) is 33.1 Å². The van der Waals surface area contributed by atoms with Crippen molar-refractivity contribution in [3.63, 3.8) is 0 Å². The molecule has 0 radical (unpaired) electrons. The van der Waals surface area contributed by atoms with Crippen LogP contribution in [0.3, 0.4) is 0 Å². The summed E-state index contributed by atoms with van der Waals surface area (Å²) in [6.07, 6.45) is 4.70. The third-order valence-corrected chi connectivity index (χ3v) is 4.47. The van der Waals surface area contributed by atoms with E-state index in [1.165, 1.54) is 12.8 Å². The van der Waals surface area contributed by atoms with Gasteiger partial charge in [0.2, 0.25) is 5.89 Å². The zero-order valence-electron chi connectivity index (χ0n) is 9.91. The van der Waals surface area contributed by atoms with E-state index in [1.807, 2.05) is 25.7 Å². The summed E-state index contributed by atoms with van der Waals surface area (Å²) < 4.78 is 5.90. The van der Waals surface area contributed by atoms with Gasteiger partial charge in [0.25, 0.3) is 0 Å². The smallest absolute Gasteiger partial charge is 0.315 e. The lowest BCUT2D eigenvalue weighted by molar-refractivity contribution is 0.441. The fraction of sp³-hybridized carbons (Fsp3) is 0.800. The Balaban J connectivity index is 1.88. The first-order valence-electron chi connectivity index (χ1n) is 5.49. The predicted octanol–water partition coefficient (Wildman–Crippen LogP) is 1.66. The molecule has 0 aliphatic heterocycles. The van der Waals surface area contributed by atoms with Crippen molar-refractivity contribution in [3.8, 4) is 0 Å². The molecule has 1 aliphatic carbocycles. The number of rotatable bonds is 6. The normalized spacial score (nSPS) is 19.4. The van der Waals surface area contributed by atoms with Crippen LogP contribution < -0.4 is 10.6 Å². The third kappa shape index (κ3) is 2.49. The summed E-state index contributed by atoms with van der Waals surface area (Å²) in [5.74, 6) is 0.624. The molecule has 1 unspecified atom stereocenters. The Kier molecular flexibility index (Phi) is 3.39. The number of nitrogens with one attached hydrogen (secondary N) is 2. The van der Waals surface area contributed by atoms with Crippen molar-refractivity contribution in [3.05, 3.63) is 5.89 Å². The maximum Gasteiger partial charge on any atom is 0.315 e. The first-order chi connectivity index (χ1) is 7.69. The molecule has 0 saturated heterocycles. The van der Waals surface area contributed by atoms with Crippen LogP contribution in [0.1, 0.15) is 31.7 Å². The molecule has 1 aromatic heterocycles. The maximum absolute atomic E-state index is 5.50. The highest BCUT2D eigenvalue weighted by molar-refractivity contribution is 8.00. The standard InChI is InChI=1S/C10H18N4OS/c1-7(11-2)8-13-14-9(15-8)12-6-10(16-3)4-5-10/h7,11H,4-6H2,1-3H3,(H,12,14). The van der Waals surface area contributed by atoms with E-state index in [2.05, 4.69) is 27.1 Å². The number of hydrogen-bond donors (Lipinski definition) is 2. The zero-order valence-corrected chi connectivity index (χ0v) is 10.7. The van der Waals surface area contributed by atoms with Gasteiger partial charge in [-0.3, -0.25) is 0 Å². The Morgan fingerprint density at radius 2 is 2.25 bits per heavy atom. The molecule has 1 aliphatic rings. The molecule has 16 heavy (non-hydrogen) atoms. The average Bonchev–Trinajstić information content (AvgIpc) is 2.95. The number of anilines is 1. The van der Waals surface area contributed by atoms with E-state index in [4.69, 9.17) is 4.42 Å². The van der Waals surface area contributed by atoms with Crippen LogP contribution >= 0.6 is 11.8 Å². The second kappa shape index (κ2) is 4.63. The summed E-state index contributed by atoms with van der Waals surface area (Å²) in [6.45, 7) is 2.89. The second-order valence-corrected chi connectivity index (χ2v) is 5.47. The van der Waals surface area contributed by atoms with Gasteiger partial charge in [-0.15, -0.1) is 5.10 Å². The highest BCUT2D eigenvalue weighted by Crippen LogP contribution is 2.46. The predicted molar refractivity (Wildman–Crippen MR) is 65.7 cm³/mol. The second-order valence-electron chi connectivity index (χ2n) is 4.20. The fourth-order valence-corrected chi connectivity index (χ4v) is 2.16. The topological polar surface area (TPSA) is 63.0 Å². The first-order valence-corrected chi connectivity index (χ1v) is 6.71. The Labute approximate surface area is 99.8 Å². The van der Waals surface area contributed by atoms with Gasteiger partial charge in [-0.2, -0.15) is 11.8 Å². The van der Waals surface area contributed by atoms with Crippen LogP contribution in [-0.4, -0.2) is 34.8 Å². The van der Waals surface area contributed by atoms with Gasteiger partial charge < -0.3 is 15.1 Å². The van der Waals surface area contributed by atoms with Gasteiger partial charge in [0.15, 0.2) is 0 Å². The summed E-state index contributed by atoms with van der Waals surface area (Å²) in [7, 11) is 1.87. The van der Waals surface area contributed by atoms with Gasteiger partial charge in [-0.25, -0.2) is 0 Å². The van der Waals surface area contributed by atoms with E-state index < -0.39 is 0 Å². The van der Waals surface area contributed by atoms with Crippen molar-refractivity contribution in [1.82, 2.24) is 15.5 Å².